The largest absolute Gasteiger partial charge is 0.488 e. The molecule has 0 saturated heterocycles. The van der Waals surface area contributed by atoms with Gasteiger partial charge < -0.3 is 25.8 Å². The number of aliphatic hydroxyl groups excluding tert-OH is 1. The van der Waals surface area contributed by atoms with Crippen molar-refractivity contribution >= 4 is 38.9 Å². The van der Waals surface area contributed by atoms with Crippen LogP contribution in [0.15, 0.2) is 66.7 Å². The fraction of sp³-hybridized carbons (Fsp3) is 0.355. The van der Waals surface area contributed by atoms with Crippen LogP contribution in [0.2, 0.25) is 0 Å². The first-order chi connectivity index (χ1) is 20.3. The van der Waals surface area contributed by atoms with Crippen molar-refractivity contribution in [3.63, 3.8) is 0 Å². The highest BCUT2D eigenvalue weighted by molar-refractivity contribution is 7.92. The molecule has 11 nitrogen and oxygen atoms in total. The van der Waals surface area contributed by atoms with Gasteiger partial charge in [0.2, 0.25) is 10.0 Å². The number of ether oxygens (including phenoxy) is 1. The zero-order valence-electron chi connectivity index (χ0n) is 24.8. The number of hydrogen-bond acceptors (Lipinski definition) is 8. The van der Waals surface area contributed by atoms with Crippen LogP contribution >= 0.6 is 0 Å². The summed E-state index contributed by atoms with van der Waals surface area (Å²) in [6, 6.07) is 18.6. The van der Waals surface area contributed by atoms with Crippen molar-refractivity contribution < 1.29 is 27.9 Å². The number of amides is 2. The molecule has 3 atom stereocenters. The number of carbonyl (C=O) groups excluding carboxylic acids is 2. The molecule has 0 saturated carbocycles. The van der Waals surface area contributed by atoms with E-state index in [0.717, 1.165) is 11.8 Å². The van der Waals surface area contributed by atoms with E-state index in [0.29, 0.717) is 42.3 Å². The number of nitrogens with two attached hydrogens (primary N) is 1. The zero-order chi connectivity index (χ0) is 31.3. The predicted molar refractivity (Wildman–Crippen MR) is 168 cm³/mol. The molecule has 1 heterocycles. The van der Waals surface area contributed by atoms with Crippen LogP contribution in [-0.4, -0.2) is 80.3 Å². The van der Waals surface area contributed by atoms with E-state index in [9.17, 15) is 23.1 Å². The average Bonchev–Trinajstić information content (AvgIpc) is 2.95. The van der Waals surface area contributed by atoms with Gasteiger partial charge in [0.05, 0.1) is 35.8 Å². The Morgan fingerprint density at radius 2 is 1.86 bits per heavy atom. The number of hydrogen-bond donors (Lipinski definition) is 4. The summed E-state index contributed by atoms with van der Waals surface area (Å²) in [7, 11) is -1.59. The standard InChI is InChI=1S/C31H39N5O6S/c1-20-16-36(21(2)19-37)31(39)25-15-24(34-43(4,40)41)13-14-28(25)42-29(20)18-35(3)17-22-9-11-23(12-10-22)30(38)33-27-8-6-5-7-26(27)32/h5-15,20-21,29,34,37H,16-19,32H2,1-4H3,(H,33,38)/t20-,21+,29-/m1/s1. The molecule has 230 valence electrons. The molecule has 0 fully saturated rings. The van der Waals surface area contributed by atoms with Gasteiger partial charge in [-0.15, -0.1) is 0 Å². The number of para-hydroxylation sites is 2. The number of sulfonamides is 1. The Hall–Kier alpha value is -4.13. The van der Waals surface area contributed by atoms with Gasteiger partial charge in [0.1, 0.15) is 11.9 Å². The van der Waals surface area contributed by atoms with Crippen LogP contribution < -0.4 is 20.5 Å². The van der Waals surface area contributed by atoms with Gasteiger partial charge in [0.15, 0.2) is 0 Å². The van der Waals surface area contributed by atoms with Crippen molar-refractivity contribution in [1.82, 2.24) is 9.80 Å². The summed E-state index contributed by atoms with van der Waals surface area (Å²) in [6.45, 7) is 5.01. The van der Waals surface area contributed by atoms with Crippen molar-refractivity contribution in [3.05, 3.63) is 83.4 Å². The number of rotatable bonds is 10. The maximum Gasteiger partial charge on any atom is 0.258 e. The zero-order valence-corrected chi connectivity index (χ0v) is 25.6. The fourth-order valence-electron chi connectivity index (χ4n) is 4.97. The van der Waals surface area contributed by atoms with E-state index < -0.39 is 16.1 Å². The molecule has 1 aliphatic rings. The minimum atomic E-state index is -3.55. The van der Waals surface area contributed by atoms with Gasteiger partial charge in [-0.1, -0.05) is 31.2 Å². The van der Waals surface area contributed by atoms with Crippen LogP contribution in [0.1, 0.15) is 40.1 Å². The number of nitrogens with zero attached hydrogens (tertiary/aromatic N) is 2. The number of likely N-dealkylation sites (N-methyl/N-ethyl adjacent to an activating group) is 1. The third kappa shape index (κ3) is 8.25. The normalized spacial score (nSPS) is 17.8. The molecule has 0 unspecified atom stereocenters. The molecular weight excluding hydrogens is 570 g/mol. The van der Waals surface area contributed by atoms with E-state index >= 15 is 0 Å². The highest BCUT2D eigenvalue weighted by Gasteiger charge is 2.33. The number of aliphatic hydroxyl groups is 1. The number of carbonyl (C=O) groups is 2. The third-order valence-corrected chi connectivity index (χ3v) is 7.94. The number of nitrogen functional groups attached to an aromatic ring is 1. The van der Waals surface area contributed by atoms with E-state index in [-0.39, 0.29) is 41.7 Å². The van der Waals surface area contributed by atoms with Crippen LogP contribution in [0.5, 0.6) is 5.75 Å². The van der Waals surface area contributed by atoms with Crippen molar-refractivity contribution in [2.24, 2.45) is 5.92 Å². The molecule has 0 radical (unpaired) electrons. The lowest BCUT2D eigenvalue weighted by atomic mass is 9.99. The molecule has 12 heteroatoms. The Labute approximate surface area is 252 Å². The second-order valence-electron chi connectivity index (χ2n) is 11.1. The summed E-state index contributed by atoms with van der Waals surface area (Å²) >= 11 is 0. The second kappa shape index (κ2) is 13.4. The Morgan fingerprint density at radius 3 is 2.51 bits per heavy atom. The van der Waals surface area contributed by atoms with Crippen molar-refractivity contribution in [1.29, 1.82) is 0 Å². The van der Waals surface area contributed by atoms with Crippen molar-refractivity contribution in [3.8, 4) is 5.75 Å². The van der Waals surface area contributed by atoms with Gasteiger partial charge in [-0.05, 0) is 62.0 Å². The summed E-state index contributed by atoms with van der Waals surface area (Å²) in [6.07, 6.45) is 0.722. The Morgan fingerprint density at radius 1 is 1.16 bits per heavy atom. The highest BCUT2D eigenvalue weighted by atomic mass is 32.2. The van der Waals surface area contributed by atoms with Crippen molar-refractivity contribution in [2.45, 2.75) is 32.5 Å². The number of fused-ring (bicyclic) bond motifs is 1. The second-order valence-corrected chi connectivity index (χ2v) is 12.9. The van der Waals surface area contributed by atoms with E-state index in [4.69, 9.17) is 10.5 Å². The number of benzene rings is 3. The maximum absolute atomic E-state index is 13.5. The summed E-state index contributed by atoms with van der Waals surface area (Å²) < 4.78 is 32.4. The molecule has 0 aromatic heterocycles. The minimum absolute atomic E-state index is 0.0844. The number of anilines is 3. The molecule has 0 bridgehead atoms. The SMILES string of the molecule is C[C@@H]1CN([C@@H](C)CO)C(=O)c2cc(NS(C)(=O)=O)ccc2O[C@@H]1CN(C)Cc1ccc(C(=O)Nc2ccccc2N)cc1. The molecule has 3 aromatic carbocycles. The lowest BCUT2D eigenvalue weighted by molar-refractivity contribution is 0.0341. The summed E-state index contributed by atoms with van der Waals surface area (Å²) in [4.78, 5) is 29.9. The molecular formula is C31H39N5O6S. The summed E-state index contributed by atoms with van der Waals surface area (Å²) in [5.41, 5.74) is 8.97. The van der Waals surface area contributed by atoms with E-state index in [1.54, 1.807) is 60.4 Å². The fourth-order valence-corrected chi connectivity index (χ4v) is 5.52. The van der Waals surface area contributed by atoms with Gasteiger partial charge in [-0.25, -0.2) is 8.42 Å². The lowest BCUT2D eigenvalue weighted by Gasteiger charge is -2.38. The molecule has 0 spiro atoms. The topological polar surface area (TPSA) is 154 Å². The monoisotopic (exact) mass is 609 g/mol. The van der Waals surface area contributed by atoms with E-state index in [1.807, 2.05) is 26.1 Å². The predicted octanol–water partition coefficient (Wildman–Crippen LogP) is 3.24. The smallest absolute Gasteiger partial charge is 0.258 e. The van der Waals surface area contributed by atoms with Gasteiger partial charge in [-0.2, -0.15) is 0 Å². The van der Waals surface area contributed by atoms with Gasteiger partial charge in [0, 0.05) is 36.8 Å². The Kier molecular flexibility index (Phi) is 9.95. The van der Waals surface area contributed by atoms with Gasteiger partial charge in [-0.3, -0.25) is 19.2 Å². The molecule has 0 aliphatic carbocycles. The first-order valence-electron chi connectivity index (χ1n) is 14.0. The minimum Gasteiger partial charge on any atom is -0.488 e. The quantitative estimate of drug-likeness (QED) is 0.256. The average molecular weight is 610 g/mol. The van der Waals surface area contributed by atoms with Crippen LogP contribution in [0.25, 0.3) is 0 Å². The maximum atomic E-state index is 13.5. The molecule has 4 rings (SSSR count). The van der Waals surface area contributed by atoms with E-state index in [2.05, 4.69) is 14.9 Å². The Bertz CT molecular complexity index is 1560. The lowest BCUT2D eigenvalue weighted by Crippen LogP contribution is -2.49. The van der Waals surface area contributed by atoms with E-state index in [1.165, 1.54) is 6.07 Å². The molecule has 43 heavy (non-hydrogen) atoms. The molecule has 2 amide bonds. The van der Waals surface area contributed by atoms with Crippen molar-refractivity contribution in [2.75, 3.05) is 48.8 Å². The van der Waals surface area contributed by atoms with Crippen LogP contribution in [0.3, 0.4) is 0 Å². The first kappa shape index (κ1) is 31.8. The van der Waals surface area contributed by atoms with Gasteiger partial charge in [0.25, 0.3) is 11.8 Å². The summed E-state index contributed by atoms with van der Waals surface area (Å²) in [5, 5.41) is 12.7. The Balaban J connectivity index is 1.49. The van der Waals surface area contributed by atoms with Gasteiger partial charge >= 0.3 is 0 Å². The first-order valence-corrected chi connectivity index (χ1v) is 15.9. The summed E-state index contributed by atoms with van der Waals surface area (Å²) in [5.74, 6) is -0.330. The highest BCUT2D eigenvalue weighted by Crippen LogP contribution is 2.31. The third-order valence-electron chi connectivity index (χ3n) is 7.34. The van der Waals surface area contributed by atoms with Crippen LogP contribution in [-0.2, 0) is 16.6 Å². The molecule has 1 aliphatic heterocycles. The number of nitrogens with one attached hydrogen (secondary N) is 2. The van der Waals surface area contributed by atoms with Crippen LogP contribution in [0, 0.1) is 5.92 Å². The molecule has 5 N–H and O–H groups in total. The van der Waals surface area contributed by atoms with Crippen LogP contribution in [0.4, 0.5) is 17.1 Å². The molecule has 3 aromatic rings.